The van der Waals surface area contributed by atoms with Crippen molar-refractivity contribution in [2.75, 3.05) is 33.3 Å². The summed E-state index contributed by atoms with van der Waals surface area (Å²) in [6.07, 6.45) is 0. The summed E-state index contributed by atoms with van der Waals surface area (Å²) in [4.78, 5) is 38.7. The van der Waals surface area contributed by atoms with E-state index in [9.17, 15) is 24.1 Å². The van der Waals surface area contributed by atoms with Crippen LogP contribution in [-0.4, -0.2) is 59.8 Å². The fourth-order valence-corrected chi connectivity index (χ4v) is 3.06. The molecule has 0 aliphatic carbocycles. The van der Waals surface area contributed by atoms with Crippen LogP contribution in [0.2, 0.25) is 0 Å². The molecule has 0 N–H and O–H groups in total. The minimum absolute atomic E-state index is 0.0115. The maximum absolute atomic E-state index is 13.8. The van der Waals surface area contributed by atoms with Gasteiger partial charge in [0.25, 0.3) is 17.5 Å². The van der Waals surface area contributed by atoms with Gasteiger partial charge in [0, 0.05) is 38.3 Å². The van der Waals surface area contributed by atoms with Crippen LogP contribution in [0.3, 0.4) is 0 Å². The summed E-state index contributed by atoms with van der Waals surface area (Å²) < 4.78 is 19.0. The lowest BCUT2D eigenvalue weighted by Crippen LogP contribution is -2.50. The molecule has 2 aromatic rings. The summed E-state index contributed by atoms with van der Waals surface area (Å²) in [5.74, 6) is -1.20. The molecule has 0 unspecified atom stereocenters. The van der Waals surface area contributed by atoms with Gasteiger partial charge in [-0.25, -0.2) is 4.39 Å². The molecule has 1 saturated heterocycles. The van der Waals surface area contributed by atoms with Gasteiger partial charge in [0.15, 0.2) is 0 Å². The van der Waals surface area contributed by atoms with Gasteiger partial charge in [-0.3, -0.25) is 19.7 Å². The molecule has 3 rings (SSSR count). The van der Waals surface area contributed by atoms with Gasteiger partial charge in [-0.15, -0.1) is 0 Å². The topological polar surface area (TPSA) is 93.0 Å². The van der Waals surface area contributed by atoms with E-state index in [2.05, 4.69) is 0 Å². The average molecular weight is 387 g/mol. The zero-order chi connectivity index (χ0) is 20.3. The van der Waals surface area contributed by atoms with Crippen LogP contribution in [-0.2, 0) is 0 Å². The number of piperazine rings is 1. The van der Waals surface area contributed by atoms with Crippen LogP contribution in [0.5, 0.6) is 5.75 Å². The number of carbonyl (C=O) groups excluding carboxylic acids is 2. The van der Waals surface area contributed by atoms with Gasteiger partial charge in [0.1, 0.15) is 11.6 Å². The van der Waals surface area contributed by atoms with Crippen LogP contribution >= 0.6 is 0 Å². The van der Waals surface area contributed by atoms with Crippen molar-refractivity contribution in [2.45, 2.75) is 0 Å². The molecule has 9 heteroatoms. The SMILES string of the molecule is COc1ccc([N+](=O)[O-])cc1C(=O)N1CCN(C(=O)c2ccccc2F)CC1. The first kappa shape index (κ1) is 19.3. The summed E-state index contributed by atoms with van der Waals surface area (Å²) in [7, 11) is 1.38. The molecule has 0 saturated carbocycles. The van der Waals surface area contributed by atoms with Gasteiger partial charge in [-0.05, 0) is 18.2 Å². The molecule has 1 aliphatic rings. The van der Waals surface area contributed by atoms with Crippen LogP contribution in [0.1, 0.15) is 20.7 Å². The van der Waals surface area contributed by atoms with E-state index in [0.29, 0.717) is 0 Å². The Labute approximate surface area is 160 Å². The Hall–Kier alpha value is -3.49. The molecule has 0 aromatic heterocycles. The molecule has 146 valence electrons. The summed E-state index contributed by atoms with van der Waals surface area (Å²) in [5.41, 5.74) is -0.134. The van der Waals surface area contributed by atoms with Crippen molar-refractivity contribution < 1.29 is 23.6 Å². The molecule has 2 amide bonds. The number of carbonyl (C=O) groups is 2. The van der Waals surface area contributed by atoms with E-state index in [1.807, 2.05) is 0 Å². The molecule has 28 heavy (non-hydrogen) atoms. The molecule has 1 heterocycles. The van der Waals surface area contributed by atoms with Crippen LogP contribution in [0.15, 0.2) is 42.5 Å². The number of nitro benzene ring substituents is 1. The monoisotopic (exact) mass is 387 g/mol. The van der Waals surface area contributed by atoms with E-state index in [0.717, 1.165) is 0 Å². The maximum atomic E-state index is 13.8. The number of nitro groups is 1. The fourth-order valence-electron chi connectivity index (χ4n) is 3.06. The summed E-state index contributed by atoms with van der Waals surface area (Å²) in [5, 5.41) is 11.0. The quantitative estimate of drug-likeness (QED) is 0.593. The van der Waals surface area contributed by atoms with Crippen LogP contribution < -0.4 is 4.74 Å². The highest BCUT2D eigenvalue weighted by molar-refractivity contribution is 5.98. The van der Waals surface area contributed by atoms with Crippen molar-refractivity contribution in [1.82, 2.24) is 9.80 Å². The molecule has 1 aliphatic heterocycles. The van der Waals surface area contributed by atoms with Crippen molar-refractivity contribution in [2.24, 2.45) is 0 Å². The van der Waals surface area contributed by atoms with E-state index in [1.165, 1.54) is 53.3 Å². The number of amides is 2. The van der Waals surface area contributed by atoms with E-state index in [-0.39, 0.29) is 48.7 Å². The predicted octanol–water partition coefficient (Wildman–Crippen LogP) is 2.34. The van der Waals surface area contributed by atoms with Gasteiger partial charge in [0.2, 0.25) is 0 Å². The summed E-state index contributed by atoms with van der Waals surface area (Å²) >= 11 is 0. The smallest absolute Gasteiger partial charge is 0.270 e. The molecular weight excluding hydrogens is 369 g/mol. The van der Waals surface area contributed by atoms with Gasteiger partial charge in [-0.1, -0.05) is 12.1 Å². The van der Waals surface area contributed by atoms with Crippen molar-refractivity contribution in [3.05, 3.63) is 69.5 Å². The lowest BCUT2D eigenvalue weighted by atomic mass is 10.1. The Morgan fingerprint density at radius 2 is 1.57 bits per heavy atom. The Balaban J connectivity index is 1.72. The number of ether oxygens (including phenoxy) is 1. The number of hydrogen-bond acceptors (Lipinski definition) is 5. The van der Waals surface area contributed by atoms with Gasteiger partial charge in [-0.2, -0.15) is 0 Å². The Kier molecular flexibility index (Phi) is 5.53. The molecule has 0 atom stereocenters. The maximum Gasteiger partial charge on any atom is 0.270 e. The molecule has 8 nitrogen and oxygen atoms in total. The molecule has 2 aromatic carbocycles. The van der Waals surface area contributed by atoms with Crippen LogP contribution in [0.25, 0.3) is 0 Å². The predicted molar refractivity (Wildman–Crippen MR) is 97.9 cm³/mol. The summed E-state index contributed by atoms with van der Waals surface area (Å²) in [6.45, 7) is 0.919. The third-order valence-corrected chi connectivity index (χ3v) is 4.58. The zero-order valence-electron chi connectivity index (χ0n) is 15.1. The number of nitrogens with zero attached hydrogens (tertiary/aromatic N) is 3. The Morgan fingerprint density at radius 3 is 2.11 bits per heavy atom. The number of halogens is 1. The lowest BCUT2D eigenvalue weighted by Gasteiger charge is -2.35. The van der Waals surface area contributed by atoms with Crippen molar-refractivity contribution >= 4 is 17.5 Å². The molecular formula is C19H18FN3O5. The van der Waals surface area contributed by atoms with E-state index in [1.54, 1.807) is 6.07 Å². The normalized spacial score (nSPS) is 13.9. The third-order valence-electron chi connectivity index (χ3n) is 4.58. The van der Waals surface area contributed by atoms with Crippen LogP contribution in [0.4, 0.5) is 10.1 Å². The number of methoxy groups -OCH3 is 1. The number of non-ortho nitro benzene ring substituents is 1. The largest absolute Gasteiger partial charge is 0.496 e. The summed E-state index contributed by atoms with van der Waals surface area (Å²) in [6, 6.07) is 9.56. The molecule has 0 bridgehead atoms. The molecule has 0 radical (unpaired) electrons. The molecule has 0 spiro atoms. The molecule has 1 fully saturated rings. The Morgan fingerprint density at radius 1 is 1.00 bits per heavy atom. The fraction of sp³-hybridized carbons (Fsp3) is 0.263. The number of rotatable bonds is 4. The first-order chi connectivity index (χ1) is 13.4. The van der Waals surface area contributed by atoms with E-state index >= 15 is 0 Å². The number of benzene rings is 2. The highest BCUT2D eigenvalue weighted by Gasteiger charge is 2.28. The van der Waals surface area contributed by atoms with Crippen LogP contribution in [0, 0.1) is 15.9 Å². The average Bonchev–Trinajstić information content (AvgIpc) is 2.72. The van der Waals surface area contributed by atoms with Gasteiger partial charge >= 0.3 is 0 Å². The third kappa shape index (κ3) is 3.78. The first-order valence-electron chi connectivity index (χ1n) is 8.58. The minimum atomic E-state index is -0.590. The van der Waals surface area contributed by atoms with Crippen molar-refractivity contribution in [3.8, 4) is 5.75 Å². The van der Waals surface area contributed by atoms with Gasteiger partial charge < -0.3 is 14.5 Å². The zero-order valence-corrected chi connectivity index (χ0v) is 15.1. The Bertz CT molecular complexity index is 926. The lowest BCUT2D eigenvalue weighted by molar-refractivity contribution is -0.384. The second-order valence-electron chi connectivity index (χ2n) is 6.21. The van der Waals surface area contributed by atoms with E-state index < -0.39 is 22.6 Å². The van der Waals surface area contributed by atoms with E-state index in [4.69, 9.17) is 4.74 Å². The minimum Gasteiger partial charge on any atom is -0.496 e. The second-order valence-corrected chi connectivity index (χ2v) is 6.21. The van der Waals surface area contributed by atoms with Gasteiger partial charge in [0.05, 0.1) is 23.2 Å². The number of hydrogen-bond donors (Lipinski definition) is 0. The highest BCUT2D eigenvalue weighted by Crippen LogP contribution is 2.26. The highest BCUT2D eigenvalue weighted by atomic mass is 19.1. The van der Waals surface area contributed by atoms with Crippen molar-refractivity contribution in [3.63, 3.8) is 0 Å². The van der Waals surface area contributed by atoms with Crippen molar-refractivity contribution in [1.29, 1.82) is 0 Å². The standard InChI is InChI=1S/C19H18FN3O5/c1-28-17-7-6-13(23(26)27)12-15(17)19(25)22-10-8-21(9-11-22)18(24)14-4-2-3-5-16(14)20/h2-7,12H,8-11H2,1H3. The first-order valence-corrected chi connectivity index (χ1v) is 8.58. The second kappa shape index (κ2) is 8.03.